The highest BCUT2D eigenvalue weighted by Gasteiger charge is 2.07. The van der Waals surface area contributed by atoms with Crippen LogP contribution in [0.5, 0.6) is 0 Å². The Morgan fingerprint density at radius 3 is 2.87 bits per heavy atom. The molecule has 0 fully saturated rings. The van der Waals surface area contributed by atoms with Crippen LogP contribution < -0.4 is 5.32 Å². The first-order valence-corrected chi connectivity index (χ1v) is 5.74. The van der Waals surface area contributed by atoms with Gasteiger partial charge in [0.15, 0.2) is 0 Å². The lowest BCUT2D eigenvalue weighted by Gasteiger charge is -2.01. The highest BCUT2D eigenvalue weighted by Crippen LogP contribution is 2.13. The molecule has 0 aliphatic rings. The van der Waals surface area contributed by atoms with Crippen molar-refractivity contribution in [2.45, 2.75) is 0 Å². The third kappa shape index (κ3) is 2.60. The van der Waals surface area contributed by atoms with Crippen LogP contribution in [0.1, 0.15) is 9.67 Å². The van der Waals surface area contributed by atoms with Gasteiger partial charge in [-0.05, 0) is 28.1 Å². The highest BCUT2D eigenvalue weighted by molar-refractivity contribution is 9.10. The molecule has 1 N–H and O–H groups in total. The van der Waals surface area contributed by atoms with Gasteiger partial charge in [0.2, 0.25) is 0 Å². The number of amides is 1. The molecule has 0 spiro atoms. The molecule has 0 saturated heterocycles. The Morgan fingerprint density at radius 1 is 1.40 bits per heavy atom. The minimum atomic E-state index is -0.165. The normalized spacial score (nSPS) is 9.93. The van der Waals surface area contributed by atoms with E-state index in [-0.39, 0.29) is 5.91 Å². The summed E-state index contributed by atoms with van der Waals surface area (Å²) < 4.78 is 0.735. The zero-order chi connectivity index (χ0) is 10.7. The zero-order valence-corrected chi connectivity index (χ0v) is 9.88. The molecule has 4 nitrogen and oxygen atoms in total. The summed E-state index contributed by atoms with van der Waals surface area (Å²) in [6.07, 6.45) is 3.12. The van der Waals surface area contributed by atoms with Crippen LogP contribution in [0.2, 0.25) is 0 Å². The average Bonchev–Trinajstić information content (AvgIpc) is 2.74. The summed E-state index contributed by atoms with van der Waals surface area (Å²) in [6, 6.07) is 3.54. The predicted octanol–water partition coefficient (Wildman–Crippen LogP) is 2.55. The van der Waals surface area contributed by atoms with E-state index in [1.54, 1.807) is 23.8 Å². The molecule has 2 aromatic rings. The molecule has 15 heavy (non-hydrogen) atoms. The van der Waals surface area contributed by atoms with Crippen molar-refractivity contribution in [2.75, 3.05) is 5.32 Å². The topological polar surface area (TPSA) is 54.9 Å². The summed E-state index contributed by atoms with van der Waals surface area (Å²) in [4.78, 5) is 20.0. The first-order valence-electron chi connectivity index (χ1n) is 4.07. The number of nitrogens with one attached hydrogen (secondary N) is 1. The number of carbonyl (C=O) groups is 1. The van der Waals surface area contributed by atoms with Crippen molar-refractivity contribution in [3.63, 3.8) is 0 Å². The summed E-state index contributed by atoms with van der Waals surface area (Å²) in [5.41, 5.74) is 2.28. The number of aromatic nitrogens is 2. The number of hydrogen-bond acceptors (Lipinski definition) is 4. The Morgan fingerprint density at radius 2 is 2.27 bits per heavy atom. The van der Waals surface area contributed by atoms with Crippen molar-refractivity contribution in [2.24, 2.45) is 0 Å². The highest BCUT2D eigenvalue weighted by atomic mass is 79.9. The van der Waals surface area contributed by atoms with Crippen LogP contribution in [0.4, 0.5) is 5.69 Å². The van der Waals surface area contributed by atoms with Gasteiger partial charge >= 0.3 is 0 Å². The molecule has 0 aliphatic carbocycles. The number of hydrogen-bond donors (Lipinski definition) is 1. The third-order valence-electron chi connectivity index (χ3n) is 1.64. The summed E-state index contributed by atoms with van der Waals surface area (Å²) in [5, 5.41) is 2.72. The maximum absolute atomic E-state index is 11.6. The third-order valence-corrected chi connectivity index (χ3v) is 2.88. The minimum Gasteiger partial charge on any atom is -0.320 e. The number of nitrogens with zero attached hydrogens (tertiary/aromatic N) is 2. The van der Waals surface area contributed by atoms with Crippen molar-refractivity contribution >= 4 is 38.9 Å². The van der Waals surface area contributed by atoms with Crippen LogP contribution in [0.15, 0.2) is 34.6 Å². The quantitative estimate of drug-likeness (QED) is 0.862. The van der Waals surface area contributed by atoms with Crippen molar-refractivity contribution < 1.29 is 4.79 Å². The van der Waals surface area contributed by atoms with Gasteiger partial charge in [-0.15, -0.1) is 11.3 Å². The number of carbonyl (C=O) groups excluding carboxylic acids is 1. The molecule has 0 saturated carbocycles. The standard InChI is InChI=1S/C9H6BrN3OS/c10-8-2-1-6(3-12-8)13-9(14)7-4-11-5-15-7/h1-5H,(H,13,14). The van der Waals surface area contributed by atoms with Gasteiger partial charge in [0, 0.05) is 0 Å². The molecule has 2 heterocycles. The fourth-order valence-corrected chi connectivity index (χ4v) is 1.72. The predicted molar refractivity (Wildman–Crippen MR) is 62.0 cm³/mol. The number of halogens is 1. The first-order chi connectivity index (χ1) is 7.25. The van der Waals surface area contributed by atoms with Crippen LogP contribution in [0.25, 0.3) is 0 Å². The fraction of sp³-hybridized carbons (Fsp3) is 0. The smallest absolute Gasteiger partial charge is 0.267 e. The van der Waals surface area contributed by atoms with Gasteiger partial charge < -0.3 is 5.32 Å². The Balaban J connectivity index is 2.09. The molecule has 1 amide bonds. The van der Waals surface area contributed by atoms with Crippen molar-refractivity contribution in [3.05, 3.63) is 39.5 Å². The van der Waals surface area contributed by atoms with Gasteiger partial charge in [-0.25, -0.2) is 4.98 Å². The van der Waals surface area contributed by atoms with E-state index in [0.29, 0.717) is 10.6 Å². The SMILES string of the molecule is O=C(Nc1ccc(Br)nc1)c1cncs1. The van der Waals surface area contributed by atoms with E-state index in [9.17, 15) is 4.79 Å². The lowest BCUT2D eigenvalue weighted by atomic mass is 10.4. The number of thiazole rings is 1. The zero-order valence-electron chi connectivity index (χ0n) is 7.48. The summed E-state index contributed by atoms with van der Waals surface area (Å²) in [5.74, 6) is -0.165. The maximum atomic E-state index is 11.6. The second kappa shape index (κ2) is 4.50. The Bertz CT molecular complexity index is 455. The van der Waals surface area contributed by atoms with E-state index in [0.717, 1.165) is 4.60 Å². The van der Waals surface area contributed by atoms with E-state index in [4.69, 9.17) is 0 Å². The van der Waals surface area contributed by atoms with Crippen molar-refractivity contribution in [1.82, 2.24) is 9.97 Å². The van der Waals surface area contributed by atoms with Crippen molar-refractivity contribution in [3.8, 4) is 0 Å². The van der Waals surface area contributed by atoms with Crippen LogP contribution in [0.3, 0.4) is 0 Å². The van der Waals surface area contributed by atoms with Gasteiger partial charge in [-0.3, -0.25) is 9.78 Å². The molecule has 76 valence electrons. The van der Waals surface area contributed by atoms with E-state index in [1.165, 1.54) is 17.5 Å². The maximum Gasteiger partial charge on any atom is 0.267 e. The van der Waals surface area contributed by atoms with Gasteiger partial charge in [0.05, 0.1) is 23.6 Å². The molecule has 0 unspecified atom stereocenters. The second-order valence-electron chi connectivity index (χ2n) is 2.69. The summed E-state index contributed by atoms with van der Waals surface area (Å²) >= 11 is 4.52. The van der Waals surface area contributed by atoms with Gasteiger partial charge in [0.1, 0.15) is 9.48 Å². The number of rotatable bonds is 2. The van der Waals surface area contributed by atoms with Gasteiger partial charge in [0.25, 0.3) is 5.91 Å². The van der Waals surface area contributed by atoms with E-state index < -0.39 is 0 Å². The molecule has 0 bridgehead atoms. The van der Waals surface area contributed by atoms with E-state index >= 15 is 0 Å². The van der Waals surface area contributed by atoms with Crippen molar-refractivity contribution in [1.29, 1.82) is 0 Å². The minimum absolute atomic E-state index is 0.165. The molecule has 0 aromatic carbocycles. The monoisotopic (exact) mass is 283 g/mol. The van der Waals surface area contributed by atoms with Crippen LogP contribution in [-0.2, 0) is 0 Å². The van der Waals surface area contributed by atoms with Crippen LogP contribution in [0, 0.1) is 0 Å². The Kier molecular flexibility index (Phi) is 3.08. The van der Waals surface area contributed by atoms with E-state index in [1.807, 2.05) is 0 Å². The fourth-order valence-electron chi connectivity index (χ4n) is 0.970. The molecule has 0 aliphatic heterocycles. The average molecular weight is 284 g/mol. The van der Waals surface area contributed by atoms with Gasteiger partial charge in [-0.2, -0.15) is 0 Å². The van der Waals surface area contributed by atoms with Gasteiger partial charge in [-0.1, -0.05) is 0 Å². The Hall–Kier alpha value is -1.27. The molecule has 0 radical (unpaired) electrons. The largest absolute Gasteiger partial charge is 0.320 e. The number of anilines is 1. The van der Waals surface area contributed by atoms with Crippen LogP contribution >= 0.6 is 27.3 Å². The molecule has 6 heteroatoms. The second-order valence-corrected chi connectivity index (χ2v) is 4.39. The number of pyridine rings is 1. The van der Waals surface area contributed by atoms with E-state index in [2.05, 4.69) is 31.2 Å². The summed E-state index contributed by atoms with van der Waals surface area (Å²) in [6.45, 7) is 0. The van der Waals surface area contributed by atoms with Crippen LogP contribution in [-0.4, -0.2) is 15.9 Å². The molecule has 0 atom stereocenters. The lowest BCUT2D eigenvalue weighted by Crippen LogP contribution is -2.10. The Labute approximate surface area is 98.5 Å². The molecular formula is C9H6BrN3OS. The molecule has 2 rings (SSSR count). The molecular weight excluding hydrogens is 278 g/mol. The lowest BCUT2D eigenvalue weighted by molar-refractivity contribution is 0.103. The first kappa shape index (κ1) is 10.3. The molecule has 2 aromatic heterocycles. The summed E-state index contributed by atoms with van der Waals surface area (Å²) in [7, 11) is 0.